The minimum absolute atomic E-state index is 0.0627. The van der Waals surface area contributed by atoms with Gasteiger partial charge in [0.15, 0.2) is 0 Å². The topological polar surface area (TPSA) is 57.6 Å². The molecule has 21 heavy (non-hydrogen) atoms. The van der Waals surface area contributed by atoms with Gasteiger partial charge in [-0.15, -0.1) is 11.3 Å². The van der Waals surface area contributed by atoms with Crippen molar-refractivity contribution in [3.63, 3.8) is 0 Å². The summed E-state index contributed by atoms with van der Waals surface area (Å²) in [6, 6.07) is 3.57. The number of likely N-dealkylation sites (tertiary alicyclic amines) is 1. The Labute approximate surface area is 129 Å². The highest BCUT2D eigenvalue weighted by atomic mass is 32.1. The van der Waals surface area contributed by atoms with Gasteiger partial charge in [0, 0.05) is 24.0 Å². The van der Waals surface area contributed by atoms with Gasteiger partial charge >= 0.3 is 5.97 Å². The number of amides is 1. The molecule has 1 N–H and O–H groups in total. The Morgan fingerprint density at radius 1 is 1.29 bits per heavy atom. The Kier molecular flexibility index (Phi) is 4.83. The number of rotatable bonds is 3. The van der Waals surface area contributed by atoms with Crippen molar-refractivity contribution >= 4 is 29.3 Å². The third-order valence-corrected chi connectivity index (χ3v) is 4.89. The van der Waals surface area contributed by atoms with Gasteiger partial charge in [0.05, 0.1) is 4.88 Å². The fraction of sp³-hybridized carbons (Fsp3) is 0.500. The third-order valence-electron chi connectivity index (χ3n) is 3.86. The summed E-state index contributed by atoms with van der Waals surface area (Å²) in [5.41, 5.74) is 0.305. The number of carboxylic acids is 1. The van der Waals surface area contributed by atoms with Crippen molar-refractivity contribution in [1.82, 2.24) is 4.90 Å². The number of aliphatic carboxylic acids is 1. The summed E-state index contributed by atoms with van der Waals surface area (Å²) in [5.74, 6) is -0.918. The molecule has 1 saturated heterocycles. The van der Waals surface area contributed by atoms with Crippen LogP contribution in [0.25, 0.3) is 6.08 Å². The predicted octanol–water partition coefficient (Wildman–Crippen LogP) is 3.50. The lowest BCUT2D eigenvalue weighted by Crippen LogP contribution is -2.31. The van der Waals surface area contributed by atoms with Gasteiger partial charge in [-0.25, -0.2) is 4.79 Å². The second kappa shape index (κ2) is 6.43. The average molecular weight is 307 g/mol. The summed E-state index contributed by atoms with van der Waals surface area (Å²) in [6.07, 6.45) is 5.82. The molecule has 0 radical (unpaired) electrons. The molecule has 114 valence electrons. The van der Waals surface area contributed by atoms with Gasteiger partial charge in [-0.2, -0.15) is 0 Å². The quantitative estimate of drug-likeness (QED) is 0.870. The lowest BCUT2D eigenvalue weighted by molar-refractivity contribution is -0.131. The van der Waals surface area contributed by atoms with E-state index < -0.39 is 5.97 Å². The number of carbonyl (C=O) groups is 2. The van der Waals surface area contributed by atoms with Crippen LogP contribution < -0.4 is 0 Å². The molecule has 0 spiro atoms. The summed E-state index contributed by atoms with van der Waals surface area (Å²) in [5, 5.41) is 8.62. The number of thiophene rings is 1. The zero-order chi connectivity index (χ0) is 15.5. The molecule has 0 aromatic carbocycles. The first-order chi connectivity index (χ1) is 9.87. The van der Waals surface area contributed by atoms with Crippen LogP contribution in [0.5, 0.6) is 0 Å². The van der Waals surface area contributed by atoms with Crippen LogP contribution in [-0.2, 0) is 4.79 Å². The largest absolute Gasteiger partial charge is 0.478 e. The Balaban J connectivity index is 2.04. The van der Waals surface area contributed by atoms with Crippen LogP contribution in [0.4, 0.5) is 0 Å². The molecule has 0 atom stereocenters. The summed E-state index contributed by atoms with van der Waals surface area (Å²) in [7, 11) is 0. The molecular weight excluding hydrogens is 286 g/mol. The molecule has 2 heterocycles. The van der Waals surface area contributed by atoms with Gasteiger partial charge in [-0.1, -0.05) is 13.8 Å². The Morgan fingerprint density at radius 3 is 2.76 bits per heavy atom. The maximum atomic E-state index is 12.5. The number of hydrogen-bond acceptors (Lipinski definition) is 3. The minimum Gasteiger partial charge on any atom is -0.478 e. The van der Waals surface area contributed by atoms with Crippen LogP contribution >= 0.6 is 11.3 Å². The maximum absolute atomic E-state index is 12.5. The SMILES string of the molecule is CC1(C)CCCN(C(=O)c2ccc(C=CC(=O)O)s2)CC1. The van der Waals surface area contributed by atoms with E-state index in [4.69, 9.17) is 5.11 Å². The zero-order valence-corrected chi connectivity index (χ0v) is 13.3. The van der Waals surface area contributed by atoms with E-state index in [-0.39, 0.29) is 5.91 Å². The highest BCUT2D eigenvalue weighted by Crippen LogP contribution is 2.30. The van der Waals surface area contributed by atoms with Crippen LogP contribution in [0, 0.1) is 5.41 Å². The first kappa shape index (κ1) is 15.8. The second-order valence-electron chi connectivity index (χ2n) is 6.18. The lowest BCUT2D eigenvalue weighted by atomic mass is 9.85. The molecule has 1 aromatic rings. The molecule has 1 aromatic heterocycles. The highest BCUT2D eigenvalue weighted by Gasteiger charge is 2.26. The van der Waals surface area contributed by atoms with E-state index in [9.17, 15) is 9.59 Å². The molecule has 0 saturated carbocycles. The minimum atomic E-state index is -0.981. The van der Waals surface area contributed by atoms with Gasteiger partial charge in [-0.3, -0.25) is 4.79 Å². The predicted molar refractivity (Wildman–Crippen MR) is 84.5 cm³/mol. The molecule has 0 aliphatic carbocycles. The fourth-order valence-corrected chi connectivity index (χ4v) is 3.37. The molecular formula is C16H21NO3S. The van der Waals surface area contributed by atoms with Crippen LogP contribution in [0.15, 0.2) is 18.2 Å². The molecule has 1 fully saturated rings. The van der Waals surface area contributed by atoms with E-state index in [1.165, 1.54) is 17.4 Å². The summed E-state index contributed by atoms with van der Waals surface area (Å²) < 4.78 is 0. The van der Waals surface area contributed by atoms with Crippen LogP contribution in [0.2, 0.25) is 0 Å². The van der Waals surface area contributed by atoms with Crippen LogP contribution in [0.3, 0.4) is 0 Å². The smallest absolute Gasteiger partial charge is 0.328 e. The Hall–Kier alpha value is -1.62. The van der Waals surface area contributed by atoms with E-state index in [0.29, 0.717) is 10.3 Å². The first-order valence-corrected chi connectivity index (χ1v) is 7.99. The number of nitrogens with zero attached hydrogens (tertiary/aromatic N) is 1. The van der Waals surface area contributed by atoms with E-state index in [0.717, 1.165) is 43.3 Å². The van der Waals surface area contributed by atoms with Gasteiger partial charge in [0.1, 0.15) is 0 Å². The third kappa shape index (κ3) is 4.43. The molecule has 4 nitrogen and oxygen atoms in total. The highest BCUT2D eigenvalue weighted by molar-refractivity contribution is 7.14. The van der Waals surface area contributed by atoms with Crippen molar-refractivity contribution in [1.29, 1.82) is 0 Å². The van der Waals surface area contributed by atoms with Gasteiger partial charge in [-0.05, 0) is 42.9 Å². The fourth-order valence-electron chi connectivity index (χ4n) is 2.49. The lowest BCUT2D eigenvalue weighted by Gasteiger charge is -2.23. The van der Waals surface area contributed by atoms with Crippen molar-refractivity contribution in [3.8, 4) is 0 Å². The molecule has 0 unspecified atom stereocenters. The Morgan fingerprint density at radius 2 is 2.05 bits per heavy atom. The summed E-state index contributed by atoms with van der Waals surface area (Å²) in [6.45, 7) is 6.10. The second-order valence-corrected chi connectivity index (χ2v) is 7.30. The number of carboxylic acid groups (broad SMARTS) is 1. The van der Waals surface area contributed by atoms with Gasteiger partial charge in [0.2, 0.25) is 0 Å². The van der Waals surface area contributed by atoms with E-state index in [1.54, 1.807) is 12.1 Å². The summed E-state index contributed by atoms with van der Waals surface area (Å²) >= 11 is 1.34. The van der Waals surface area contributed by atoms with E-state index in [1.807, 2.05) is 4.90 Å². The van der Waals surface area contributed by atoms with E-state index in [2.05, 4.69) is 13.8 Å². The first-order valence-electron chi connectivity index (χ1n) is 7.17. The normalized spacial score (nSPS) is 18.7. The van der Waals surface area contributed by atoms with E-state index >= 15 is 0 Å². The van der Waals surface area contributed by atoms with Crippen molar-refractivity contribution in [2.45, 2.75) is 33.1 Å². The van der Waals surface area contributed by atoms with Crippen molar-refractivity contribution in [2.75, 3.05) is 13.1 Å². The van der Waals surface area contributed by atoms with Crippen LogP contribution in [0.1, 0.15) is 47.7 Å². The van der Waals surface area contributed by atoms with Crippen molar-refractivity contribution in [3.05, 3.63) is 28.0 Å². The molecule has 0 bridgehead atoms. The van der Waals surface area contributed by atoms with Gasteiger partial charge in [0.25, 0.3) is 5.91 Å². The molecule has 1 aliphatic rings. The average Bonchev–Trinajstić information content (AvgIpc) is 2.80. The van der Waals surface area contributed by atoms with Crippen molar-refractivity contribution < 1.29 is 14.7 Å². The molecule has 1 aliphatic heterocycles. The standard InChI is InChI=1S/C16H21NO3S/c1-16(2)8-3-10-17(11-9-16)15(20)13-6-4-12(21-13)5-7-14(18)19/h4-7H,3,8-11H2,1-2H3,(H,18,19). The van der Waals surface area contributed by atoms with Crippen LogP contribution in [-0.4, -0.2) is 35.0 Å². The zero-order valence-electron chi connectivity index (χ0n) is 12.5. The summed E-state index contributed by atoms with van der Waals surface area (Å²) in [4.78, 5) is 26.4. The monoisotopic (exact) mass is 307 g/mol. The molecule has 1 amide bonds. The number of carbonyl (C=O) groups excluding carboxylic acids is 1. The Bertz CT molecular complexity index is 560. The van der Waals surface area contributed by atoms with Gasteiger partial charge < -0.3 is 10.0 Å². The number of hydrogen-bond donors (Lipinski definition) is 1. The maximum Gasteiger partial charge on any atom is 0.328 e. The molecule has 2 rings (SSSR count). The van der Waals surface area contributed by atoms with Crippen molar-refractivity contribution in [2.24, 2.45) is 5.41 Å². The molecule has 5 heteroatoms.